The summed E-state index contributed by atoms with van der Waals surface area (Å²) in [5.74, 6) is 0.987. The maximum absolute atomic E-state index is 14.0. The van der Waals surface area contributed by atoms with E-state index in [1.54, 1.807) is 9.80 Å². The maximum atomic E-state index is 14.0. The number of ether oxygens (including phenoxy) is 2. The summed E-state index contributed by atoms with van der Waals surface area (Å²) in [6.07, 6.45) is 1.77. The quantitative estimate of drug-likeness (QED) is 0.107. The summed E-state index contributed by atoms with van der Waals surface area (Å²) < 4.78 is 9.69. The van der Waals surface area contributed by atoms with Crippen molar-refractivity contribution in [3.05, 3.63) is 144 Å². The first-order valence-electron chi connectivity index (χ1n) is 20.8. The number of methoxy groups -OCH3 is 2. The molecule has 4 atom stereocenters. The molecule has 0 spiro atoms. The molecular weight excluding hydrogens is 785 g/mol. The predicted octanol–water partition coefficient (Wildman–Crippen LogP) is 8.29. The second-order valence-electron chi connectivity index (χ2n) is 15.6. The Morgan fingerprint density at radius 1 is 0.565 bits per heavy atom. The number of hydrogen-bond acceptors (Lipinski definition) is 8. The summed E-state index contributed by atoms with van der Waals surface area (Å²) in [4.78, 5) is 73.0. The number of benzene rings is 5. The largest absolute Gasteiger partial charge is 0.453 e. The number of imidazole rings is 2. The van der Waals surface area contributed by atoms with Crippen LogP contribution in [0.4, 0.5) is 9.59 Å². The van der Waals surface area contributed by atoms with Crippen LogP contribution in [-0.4, -0.2) is 81.0 Å². The molecule has 314 valence electrons. The van der Waals surface area contributed by atoms with Crippen molar-refractivity contribution in [1.29, 1.82) is 0 Å². The summed E-state index contributed by atoms with van der Waals surface area (Å²) >= 11 is 0. The van der Waals surface area contributed by atoms with Crippen LogP contribution < -0.4 is 10.6 Å². The Bertz CT molecular complexity index is 2560. The number of aromatic amines is 2. The average Bonchev–Trinajstić information content (AvgIpc) is 4.16. The SMILES string of the molecule is COC(=O)N[C@H](C(=O)N1CCC[C@H]1c1nc2ccc(-c3ccc(-c4ccc5nc([C@@H]6CCCN6C(=O)[C@@H](NC(=O)OC)c6ccccc6)[nH]c5c4)cc3)cc2[nH]1)c1ccccc1. The Balaban J connectivity index is 0.910. The molecule has 4 N–H and O–H groups in total. The Morgan fingerprint density at radius 2 is 0.952 bits per heavy atom. The van der Waals surface area contributed by atoms with Gasteiger partial charge in [-0.25, -0.2) is 19.6 Å². The van der Waals surface area contributed by atoms with E-state index in [1.165, 1.54) is 14.2 Å². The molecule has 0 saturated carbocycles. The molecule has 2 aromatic heterocycles. The number of hydrogen-bond donors (Lipinski definition) is 4. The average molecular weight is 831 g/mol. The molecular formula is C48H46N8O6. The van der Waals surface area contributed by atoms with Crippen LogP contribution in [0.5, 0.6) is 0 Å². The van der Waals surface area contributed by atoms with E-state index in [1.807, 2.05) is 84.9 Å². The van der Waals surface area contributed by atoms with Crippen molar-refractivity contribution in [1.82, 2.24) is 40.4 Å². The van der Waals surface area contributed by atoms with Gasteiger partial charge in [0.05, 0.1) is 48.4 Å². The van der Waals surface area contributed by atoms with E-state index in [-0.39, 0.29) is 23.9 Å². The Hall–Kier alpha value is -7.48. The number of alkyl carbamates (subject to hydrolysis) is 2. The molecule has 9 rings (SSSR count). The summed E-state index contributed by atoms with van der Waals surface area (Å²) in [6, 6.07) is 36.7. The van der Waals surface area contributed by atoms with Crippen LogP contribution in [0.2, 0.25) is 0 Å². The van der Waals surface area contributed by atoms with Gasteiger partial charge in [0, 0.05) is 13.1 Å². The minimum absolute atomic E-state index is 0.214. The number of likely N-dealkylation sites (tertiary alicyclic amines) is 2. The van der Waals surface area contributed by atoms with Gasteiger partial charge in [-0.05, 0) is 83.3 Å². The number of aromatic nitrogens is 4. The van der Waals surface area contributed by atoms with Crippen LogP contribution in [0.1, 0.15) is 72.6 Å². The zero-order valence-corrected chi connectivity index (χ0v) is 34.3. The number of rotatable bonds is 10. The molecule has 7 aromatic rings. The van der Waals surface area contributed by atoms with Crippen LogP contribution in [0.3, 0.4) is 0 Å². The fraction of sp³-hybridized carbons (Fsp3) is 0.250. The van der Waals surface area contributed by atoms with Gasteiger partial charge in [-0.15, -0.1) is 0 Å². The molecule has 2 fully saturated rings. The van der Waals surface area contributed by atoms with Gasteiger partial charge >= 0.3 is 12.2 Å². The number of amides is 4. The lowest BCUT2D eigenvalue weighted by atomic mass is 10.00. The van der Waals surface area contributed by atoms with Gasteiger partial charge in [0.25, 0.3) is 11.8 Å². The molecule has 62 heavy (non-hydrogen) atoms. The first kappa shape index (κ1) is 40.0. The van der Waals surface area contributed by atoms with Crippen molar-refractivity contribution in [3.63, 3.8) is 0 Å². The standard InChI is InChI=1S/C48H46N8O6/c1-61-47(59)53-41(31-11-5-3-6-12-31)45(57)55-25-9-15-39(55)43-49-35-23-21-33(27-37(35)51-43)29-17-19-30(20-18-29)34-22-24-36-38(28-34)52-44(50-36)40-16-10-26-56(40)46(58)42(54-48(60)62-2)32-13-7-4-8-14-32/h3-8,11-14,17-24,27-28,39-42H,9-10,15-16,25-26H2,1-2H3,(H,49,51)(H,50,52)(H,53,59)(H,54,60)/t39-,40-,41-,42-/m0/s1. The van der Waals surface area contributed by atoms with Crippen molar-refractivity contribution >= 4 is 46.1 Å². The highest BCUT2D eigenvalue weighted by Crippen LogP contribution is 2.37. The molecule has 2 saturated heterocycles. The van der Waals surface area contributed by atoms with E-state index in [9.17, 15) is 19.2 Å². The Kier molecular flexibility index (Phi) is 11.1. The fourth-order valence-corrected chi connectivity index (χ4v) is 8.77. The van der Waals surface area contributed by atoms with Crippen molar-refractivity contribution in [2.24, 2.45) is 0 Å². The number of carbonyl (C=O) groups is 4. The third-order valence-corrected chi connectivity index (χ3v) is 11.9. The Morgan fingerprint density at radius 3 is 1.34 bits per heavy atom. The van der Waals surface area contributed by atoms with Gasteiger partial charge in [0.2, 0.25) is 0 Å². The maximum Gasteiger partial charge on any atom is 0.407 e. The van der Waals surface area contributed by atoms with Gasteiger partial charge in [-0.1, -0.05) is 97.1 Å². The first-order valence-corrected chi connectivity index (χ1v) is 20.8. The van der Waals surface area contributed by atoms with E-state index in [0.29, 0.717) is 35.9 Å². The summed E-state index contributed by atoms with van der Waals surface area (Å²) in [6.45, 7) is 1.10. The smallest absolute Gasteiger partial charge is 0.407 e. The highest BCUT2D eigenvalue weighted by atomic mass is 16.5. The molecule has 4 amide bonds. The van der Waals surface area contributed by atoms with Gasteiger partial charge < -0.3 is 39.9 Å². The third kappa shape index (κ3) is 7.94. The van der Waals surface area contributed by atoms with Crippen molar-refractivity contribution < 1.29 is 28.7 Å². The molecule has 4 heterocycles. The molecule has 14 heteroatoms. The minimum Gasteiger partial charge on any atom is -0.453 e. The highest BCUT2D eigenvalue weighted by Gasteiger charge is 2.38. The van der Waals surface area contributed by atoms with E-state index < -0.39 is 24.3 Å². The topological polar surface area (TPSA) is 175 Å². The van der Waals surface area contributed by atoms with Crippen LogP contribution >= 0.6 is 0 Å². The van der Waals surface area contributed by atoms with Crippen molar-refractivity contribution in [2.75, 3.05) is 27.3 Å². The van der Waals surface area contributed by atoms with E-state index in [4.69, 9.17) is 19.4 Å². The van der Waals surface area contributed by atoms with E-state index in [0.717, 1.165) is 70.0 Å². The number of H-pyrrole nitrogens is 2. The van der Waals surface area contributed by atoms with E-state index in [2.05, 4.69) is 57.0 Å². The molecule has 5 aromatic carbocycles. The van der Waals surface area contributed by atoms with Crippen LogP contribution in [0, 0.1) is 0 Å². The summed E-state index contributed by atoms with van der Waals surface area (Å²) in [5, 5.41) is 5.45. The molecule has 0 unspecified atom stereocenters. The van der Waals surface area contributed by atoms with Gasteiger partial charge in [-0.3, -0.25) is 9.59 Å². The predicted molar refractivity (Wildman–Crippen MR) is 233 cm³/mol. The summed E-state index contributed by atoms with van der Waals surface area (Å²) in [7, 11) is 2.56. The monoisotopic (exact) mass is 830 g/mol. The van der Waals surface area contributed by atoms with Crippen molar-refractivity contribution in [3.8, 4) is 22.3 Å². The molecule has 0 radical (unpaired) electrons. The lowest BCUT2D eigenvalue weighted by molar-refractivity contribution is -0.135. The zero-order valence-electron chi connectivity index (χ0n) is 34.3. The zero-order chi connectivity index (χ0) is 42.7. The molecule has 2 aliphatic heterocycles. The lowest BCUT2D eigenvalue weighted by Crippen LogP contribution is -2.42. The second kappa shape index (κ2) is 17.2. The number of nitrogens with zero attached hydrogens (tertiary/aromatic N) is 4. The van der Waals surface area contributed by atoms with Crippen LogP contribution in [0.15, 0.2) is 121 Å². The molecule has 2 aliphatic rings. The highest BCUT2D eigenvalue weighted by molar-refractivity contribution is 5.89. The summed E-state index contributed by atoms with van der Waals surface area (Å²) in [5.41, 5.74) is 8.81. The number of fused-ring (bicyclic) bond motifs is 2. The minimum atomic E-state index is -0.889. The normalized spacial score (nSPS) is 17.2. The number of carbonyl (C=O) groups excluding carboxylic acids is 4. The van der Waals surface area contributed by atoms with Crippen LogP contribution in [0.25, 0.3) is 44.3 Å². The second-order valence-corrected chi connectivity index (χ2v) is 15.6. The van der Waals surface area contributed by atoms with Gasteiger partial charge in [-0.2, -0.15) is 0 Å². The molecule has 0 bridgehead atoms. The third-order valence-electron chi connectivity index (χ3n) is 11.9. The lowest BCUT2D eigenvalue weighted by Gasteiger charge is -2.28. The van der Waals surface area contributed by atoms with Gasteiger partial charge in [0.15, 0.2) is 0 Å². The number of nitrogens with one attached hydrogen (secondary N) is 4. The van der Waals surface area contributed by atoms with Crippen molar-refractivity contribution in [2.45, 2.75) is 49.9 Å². The van der Waals surface area contributed by atoms with Crippen LogP contribution in [-0.2, 0) is 19.1 Å². The molecule has 0 aliphatic carbocycles. The van der Waals surface area contributed by atoms with E-state index >= 15 is 0 Å². The Labute approximate surface area is 357 Å². The molecule has 14 nitrogen and oxygen atoms in total. The van der Waals surface area contributed by atoms with Gasteiger partial charge in [0.1, 0.15) is 23.7 Å². The first-order chi connectivity index (χ1) is 30.3. The fourth-order valence-electron chi connectivity index (χ4n) is 8.77.